The summed E-state index contributed by atoms with van der Waals surface area (Å²) in [7, 11) is -1.40. The Hall–Kier alpha value is -6.00. The summed E-state index contributed by atoms with van der Waals surface area (Å²) in [6.07, 6.45) is -0.695. The van der Waals surface area contributed by atoms with E-state index >= 15 is 0 Å². The zero-order valence-corrected chi connectivity index (χ0v) is 35.5. The summed E-state index contributed by atoms with van der Waals surface area (Å²) in [4.78, 5) is 27.0. The third-order valence-corrected chi connectivity index (χ3v) is 15.6. The molecule has 0 aliphatic carbocycles. The molecule has 0 aromatic heterocycles. The van der Waals surface area contributed by atoms with E-state index < -0.39 is 38.0 Å². The Morgan fingerprint density at radius 1 is 0.593 bits per heavy atom. The molecule has 2 N–H and O–H groups in total. The number of carbonyl (C=O) groups is 2. The minimum Gasteiger partial charge on any atom is -0.497 e. The Bertz CT molecular complexity index is 2120. The molecular formula is C50H54N2O6Si. The lowest BCUT2D eigenvalue weighted by atomic mass is 9.80. The molecule has 8 nitrogen and oxygen atoms in total. The van der Waals surface area contributed by atoms with Gasteiger partial charge >= 0.3 is 6.09 Å². The van der Waals surface area contributed by atoms with Gasteiger partial charge in [0.05, 0.1) is 26.4 Å². The molecule has 0 aliphatic rings. The summed E-state index contributed by atoms with van der Waals surface area (Å²) in [6.45, 7) is 8.53. The summed E-state index contributed by atoms with van der Waals surface area (Å²) in [5.74, 6) is 0.312. The van der Waals surface area contributed by atoms with Gasteiger partial charge in [-0.15, -0.1) is 0 Å². The van der Waals surface area contributed by atoms with Crippen LogP contribution in [0, 0.1) is 0 Å². The van der Waals surface area contributed by atoms with E-state index in [1.165, 1.54) is 0 Å². The number of ether oxygens (including phenoxy) is 3. The van der Waals surface area contributed by atoms with Crippen LogP contribution in [0.25, 0.3) is 0 Å². The van der Waals surface area contributed by atoms with Gasteiger partial charge in [0.25, 0.3) is 8.32 Å². The minimum absolute atomic E-state index is 0.0466. The van der Waals surface area contributed by atoms with Crippen LogP contribution in [-0.4, -0.2) is 52.7 Å². The maximum Gasteiger partial charge on any atom is 0.408 e. The van der Waals surface area contributed by atoms with E-state index in [1.54, 1.807) is 14.0 Å². The number of nitrogens with one attached hydrogen (secondary N) is 2. The van der Waals surface area contributed by atoms with E-state index in [9.17, 15) is 9.59 Å². The van der Waals surface area contributed by atoms with Crippen LogP contribution in [0.2, 0.25) is 5.04 Å². The van der Waals surface area contributed by atoms with Crippen LogP contribution in [0.5, 0.6) is 5.75 Å². The van der Waals surface area contributed by atoms with Crippen LogP contribution >= 0.6 is 0 Å². The maximum absolute atomic E-state index is 14.1. The first-order valence-electron chi connectivity index (χ1n) is 20.0. The van der Waals surface area contributed by atoms with Crippen molar-refractivity contribution in [2.45, 2.75) is 57.0 Å². The largest absolute Gasteiger partial charge is 0.497 e. The standard InChI is InChI=1S/C50H54N2O6Si/c1-38(51-48(54)56-35-39-21-11-6-12-22-39)47(53)52-43(37-58-59(49(2,3)4,45-27-17-9-18-28-45)46-29-19-10-20-30-46)36-57-50(40-23-13-7-14-24-40,41-25-15-8-16-26-41)42-31-33-44(55-5)34-32-42/h6-34,38,43H,35-37H2,1-5H3,(H,51,54)(H,52,53)/t38-,43-/m1/s1. The topological polar surface area (TPSA) is 95.1 Å². The second-order valence-corrected chi connectivity index (χ2v) is 19.9. The summed E-state index contributed by atoms with van der Waals surface area (Å²) < 4.78 is 25.7. The summed E-state index contributed by atoms with van der Waals surface area (Å²) >= 11 is 0. The molecule has 0 aliphatic heterocycles. The second kappa shape index (κ2) is 19.6. The zero-order valence-electron chi connectivity index (χ0n) is 34.5. The molecule has 0 saturated carbocycles. The van der Waals surface area contributed by atoms with E-state index in [1.807, 2.05) is 127 Å². The smallest absolute Gasteiger partial charge is 0.408 e. The number of hydrogen-bond acceptors (Lipinski definition) is 6. The van der Waals surface area contributed by atoms with Crippen molar-refractivity contribution >= 4 is 30.7 Å². The van der Waals surface area contributed by atoms with Gasteiger partial charge in [-0.25, -0.2) is 4.79 Å². The highest BCUT2D eigenvalue weighted by Crippen LogP contribution is 2.42. The fourth-order valence-corrected chi connectivity index (χ4v) is 12.2. The number of alkyl carbamates (subject to hydrolysis) is 1. The Labute approximate surface area is 349 Å². The van der Waals surface area contributed by atoms with Crippen LogP contribution in [0.1, 0.15) is 49.9 Å². The molecule has 9 heteroatoms. The van der Waals surface area contributed by atoms with Crippen molar-refractivity contribution in [3.63, 3.8) is 0 Å². The molecule has 6 aromatic rings. The van der Waals surface area contributed by atoms with E-state index in [4.69, 9.17) is 18.6 Å². The van der Waals surface area contributed by atoms with Gasteiger partial charge in [-0.3, -0.25) is 4.79 Å². The number of amides is 2. The third-order valence-electron chi connectivity index (χ3n) is 10.6. The van der Waals surface area contributed by atoms with E-state index in [0.29, 0.717) is 0 Å². The van der Waals surface area contributed by atoms with Crippen LogP contribution in [-0.2, 0) is 30.9 Å². The van der Waals surface area contributed by atoms with Crippen LogP contribution in [0.3, 0.4) is 0 Å². The number of methoxy groups -OCH3 is 1. The molecule has 0 saturated heterocycles. The van der Waals surface area contributed by atoms with E-state index in [-0.39, 0.29) is 24.9 Å². The SMILES string of the molecule is COc1ccc(C(OC[C@H](CO[Si](c2ccccc2)(c2ccccc2)C(C)(C)C)NC(=O)[C@@H](C)NC(=O)OCc2ccccc2)(c2ccccc2)c2ccccc2)cc1. The van der Waals surface area contributed by atoms with Crippen molar-refractivity contribution in [1.29, 1.82) is 0 Å². The monoisotopic (exact) mass is 806 g/mol. The number of hydrogen-bond donors (Lipinski definition) is 2. The van der Waals surface area contributed by atoms with Gasteiger partial charge in [0.1, 0.15) is 24.0 Å². The van der Waals surface area contributed by atoms with Crippen LogP contribution in [0.4, 0.5) is 4.79 Å². The molecular weight excluding hydrogens is 753 g/mol. The first-order valence-corrected chi connectivity index (χ1v) is 21.9. The van der Waals surface area contributed by atoms with Gasteiger partial charge in [-0.1, -0.05) is 185 Å². The van der Waals surface area contributed by atoms with E-state index in [0.717, 1.165) is 38.4 Å². The maximum atomic E-state index is 14.1. The number of benzene rings is 6. The summed E-state index contributed by atoms with van der Waals surface area (Å²) in [5.41, 5.74) is 2.44. The molecule has 6 aromatic carbocycles. The Balaban J connectivity index is 1.37. The molecule has 2 amide bonds. The predicted octanol–water partition coefficient (Wildman–Crippen LogP) is 8.38. The first-order chi connectivity index (χ1) is 28.6. The molecule has 0 heterocycles. The van der Waals surface area contributed by atoms with Crippen LogP contribution in [0.15, 0.2) is 176 Å². The average Bonchev–Trinajstić information content (AvgIpc) is 3.27. The molecule has 0 spiro atoms. The van der Waals surface area contributed by atoms with Gasteiger partial charge in [0.15, 0.2) is 0 Å². The van der Waals surface area contributed by atoms with Gasteiger partial charge in [-0.2, -0.15) is 0 Å². The van der Waals surface area contributed by atoms with Crippen LogP contribution < -0.4 is 25.7 Å². The van der Waals surface area contributed by atoms with Gasteiger partial charge < -0.3 is 29.3 Å². The minimum atomic E-state index is -3.05. The average molecular weight is 807 g/mol. The quantitative estimate of drug-likeness (QED) is 0.0711. The van der Waals surface area contributed by atoms with Gasteiger partial charge in [0, 0.05) is 0 Å². The predicted molar refractivity (Wildman–Crippen MR) is 236 cm³/mol. The summed E-state index contributed by atoms with van der Waals surface area (Å²) in [6, 6.07) is 56.6. The first kappa shape index (κ1) is 42.6. The highest BCUT2D eigenvalue weighted by atomic mass is 28.4. The van der Waals surface area contributed by atoms with Crippen molar-refractivity contribution < 1.29 is 28.2 Å². The zero-order chi connectivity index (χ0) is 41.7. The highest BCUT2D eigenvalue weighted by molar-refractivity contribution is 6.99. The van der Waals surface area contributed by atoms with Gasteiger partial charge in [-0.05, 0) is 56.7 Å². The Morgan fingerprint density at radius 3 is 1.53 bits per heavy atom. The fraction of sp³-hybridized carbons (Fsp3) is 0.240. The van der Waals surface area contributed by atoms with Crippen molar-refractivity contribution in [1.82, 2.24) is 10.6 Å². The molecule has 0 bridgehead atoms. The lowest BCUT2D eigenvalue weighted by molar-refractivity contribution is -0.124. The fourth-order valence-electron chi connectivity index (χ4n) is 7.60. The Kier molecular flexibility index (Phi) is 14.2. The molecule has 59 heavy (non-hydrogen) atoms. The molecule has 6 rings (SSSR count). The third kappa shape index (κ3) is 10.0. The normalized spacial score (nSPS) is 12.8. The van der Waals surface area contributed by atoms with Crippen molar-refractivity contribution in [2.24, 2.45) is 0 Å². The number of carbonyl (C=O) groups excluding carboxylic acids is 2. The molecule has 0 unspecified atom stereocenters. The lowest BCUT2D eigenvalue weighted by Gasteiger charge is -2.44. The van der Waals surface area contributed by atoms with Crippen molar-refractivity contribution in [3.05, 3.63) is 198 Å². The number of rotatable bonds is 17. The molecule has 304 valence electrons. The summed E-state index contributed by atoms with van der Waals surface area (Å²) in [5, 5.41) is 7.83. The van der Waals surface area contributed by atoms with Crippen molar-refractivity contribution in [3.8, 4) is 5.75 Å². The highest BCUT2D eigenvalue weighted by Gasteiger charge is 2.50. The second-order valence-electron chi connectivity index (χ2n) is 15.6. The van der Waals surface area contributed by atoms with E-state index in [2.05, 4.69) is 79.9 Å². The lowest BCUT2D eigenvalue weighted by Crippen LogP contribution is -2.67. The Morgan fingerprint density at radius 2 is 1.05 bits per heavy atom. The van der Waals surface area contributed by atoms with Crippen molar-refractivity contribution in [2.75, 3.05) is 20.3 Å². The van der Waals surface area contributed by atoms with Gasteiger partial charge in [0.2, 0.25) is 5.91 Å². The molecule has 0 fully saturated rings. The molecule has 0 radical (unpaired) electrons. The molecule has 2 atom stereocenters.